The van der Waals surface area contributed by atoms with Gasteiger partial charge in [-0.25, -0.2) is 9.97 Å². The first kappa shape index (κ1) is 7.93. The number of hydrogen-bond acceptors (Lipinski definition) is 5. The van der Waals surface area contributed by atoms with Gasteiger partial charge in [0.2, 0.25) is 5.95 Å². The van der Waals surface area contributed by atoms with Crippen LogP contribution in [0.1, 0.15) is 18.5 Å². The van der Waals surface area contributed by atoms with E-state index < -0.39 is 0 Å². The second kappa shape index (κ2) is 2.67. The molecule has 0 saturated heterocycles. The summed E-state index contributed by atoms with van der Waals surface area (Å²) in [6.45, 7) is 1.87. The Morgan fingerprint density at radius 3 is 2.92 bits per heavy atom. The Morgan fingerprint density at radius 2 is 2.23 bits per heavy atom. The second-order valence-electron chi connectivity index (χ2n) is 2.86. The monoisotopic (exact) mass is 178 g/mol. The number of nitrogen functional groups attached to an aromatic ring is 1. The molecule has 6 nitrogen and oxygen atoms in total. The summed E-state index contributed by atoms with van der Waals surface area (Å²) >= 11 is 0. The third kappa shape index (κ3) is 1.11. The average Bonchev–Trinajstić information content (AvgIpc) is 2.48. The lowest BCUT2D eigenvalue weighted by atomic mass is 10.2. The fraction of sp³-hybridized carbons (Fsp3) is 0.286. The van der Waals surface area contributed by atoms with Gasteiger partial charge in [-0.15, -0.1) is 0 Å². The molecule has 13 heavy (non-hydrogen) atoms. The molecule has 0 spiro atoms. The van der Waals surface area contributed by atoms with Gasteiger partial charge in [-0.05, 0) is 6.92 Å². The van der Waals surface area contributed by atoms with Crippen LogP contribution < -0.4 is 11.5 Å². The zero-order valence-corrected chi connectivity index (χ0v) is 7.18. The lowest BCUT2D eigenvalue weighted by Crippen LogP contribution is -2.07. The standard InChI is InChI=1S/C7H10N6/c1-4(8)5-2-12-13-6(5)10-3-11-7(13)9/h2-4H,8H2,1H3,(H2,9,10,11). The van der Waals surface area contributed by atoms with E-state index in [2.05, 4.69) is 15.1 Å². The molecule has 68 valence electrons. The average molecular weight is 178 g/mol. The summed E-state index contributed by atoms with van der Waals surface area (Å²) in [6, 6.07) is -0.105. The van der Waals surface area contributed by atoms with Crippen molar-refractivity contribution in [1.29, 1.82) is 0 Å². The minimum Gasteiger partial charge on any atom is -0.368 e. The number of nitrogens with zero attached hydrogens (tertiary/aromatic N) is 4. The van der Waals surface area contributed by atoms with Crippen molar-refractivity contribution in [2.45, 2.75) is 13.0 Å². The molecule has 0 fully saturated rings. The molecule has 2 rings (SSSR count). The third-order valence-electron chi connectivity index (χ3n) is 1.85. The predicted octanol–water partition coefficient (Wildman–Crippen LogP) is -0.274. The van der Waals surface area contributed by atoms with Crippen LogP contribution in [0.4, 0.5) is 5.95 Å². The minimum atomic E-state index is -0.105. The van der Waals surface area contributed by atoms with E-state index in [0.717, 1.165) is 5.56 Å². The molecule has 2 aromatic rings. The van der Waals surface area contributed by atoms with E-state index in [9.17, 15) is 0 Å². The Balaban J connectivity index is 2.75. The number of fused-ring (bicyclic) bond motifs is 1. The summed E-state index contributed by atoms with van der Waals surface area (Å²) < 4.78 is 1.47. The van der Waals surface area contributed by atoms with E-state index in [1.165, 1.54) is 10.8 Å². The van der Waals surface area contributed by atoms with E-state index in [1.54, 1.807) is 6.20 Å². The van der Waals surface area contributed by atoms with Gasteiger partial charge in [-0.3, -0.25) is 0 Å². The summed E-state index contributed by atoms with van der Waals surface area (Å²) in [4.78, 5) is 7.86. The van der Waals surface area contributed by atoms with Crippen LogP contribution in [-0.2, 0) is 0 Å². The Kier molecular flexibility index (Phi) is 1.63. The Morgan fingerprint density at radius 1 is 1.46 bits per heavy atom. The van der Waals surface area contributed by atoms with Gasteiger partial charge in [-0.1, -0.05) is 0 Å². The first-order chi connectivity index (χ1) is 6.20. The number of anilines is 1. The van der Waals surface area contributed by atoms with Crippen LogP contribution in [0.5, 0.6) is 0 Å². The van der Waals surface area contributed by atoms with Gasteiger partial charge in [0.15, 0.2) is 5.65 Å². The maximum atomic E-state index is 5.72. The summed E-state index contributed by atoms with van der Waals surface area (Å²) in [5.41, 5.74) is 12.8. The van der Waals surface area contributed by atoms with Gasteiger partial charge in [0.1, 0.15) is 6.33 Å². The van der Waals surface area contributed by atoms with Crippen LogP contribution in [0.2, 0.25) is 0 Å². The summed E-state index contributed by atoms with van der Waals surface area (Å²) in [5.74, 6) is 0.317. The van der Waals surface area contributed by atoms with Crippen molar-refractivity contribution in [2.75, 3.05) is 5.73 Å². The van der Waals surface area contributed by atoms with Crippen LogP contribution in [0.3, 0.4) is 0 Å². The first-order valence-corrected chi connectivity index (χ1v) is 3.90. The number of rotatable bonds is 1. The van der Waals surface area contributed by atoms with Crippen LogP contribution in [0, 0.1) is 0 Å². The fourth-order valence-corrected chi connectivity index (χ4v) is 1.17. The minimum absolute atomic E-state index is 0.105. The van der Waals surface area contributed by atoms with Crippen molar-refractivity contribution >= 4 is 11.6 Å². The zero-order valence-electron chi connectivity index (χ0n) is 7.18. The molecule has 4 N–H and O–H groups in total. The molecule has 1 unspecified atom stereocenters. The highest BCUT2D eigenvalue weighted by molar-refractivity contribution is 5.50. The normalized spacial score (nSPS) is 13.4. The Labute approximate surface area is 74.6 Å². The van der Waals surface area contributed by atoms with E-state index in [1.807, 2.05) is 6.92 Å². The predicted molar refractivity (Wildman–Crippen MR) is 47.8 cm³/mol. The molecule has 0 aliphatic carbocycles. The Hall–Kier alpha value is -1.69. The highest BCUT2D eigenvalue weighted by Gasteiger charge is 2.10. The molecule has 0 amide bonds. The number of aromatic nitrogens is 4. The summed E-state index contributed by atoms with van der Waals surface area (Å²) in [7, 11) is 0. The van der Waals surface area contributed by atoms with E-state index in [4.69, 9.17) is 11.5 Å². The molecule has 1 atom stereocenters. The van der Waals surface area contributed by atoms with Crippen molar-refractivity contribution in [3.63, 3.8) is 0 Å². The van der Waals surface area contributed by atoms with Gasteiger partial charge in [0.25, 0.3) is 0 Å². The smallest absolute Gasteiger partial charge is 0.224 e. The lowest BCUT2D eigenvalue weighted by molar-refractivity contribution is 0.822. The van der Waals surface area contributed by atoms with Crippen molar-refractivity contribution in [1.82, 2.24) is 19.6 Å². The third-order valence-corrected chi connectivity index (χ3v) is 1.85. The molecule has 0 aromatic carbocycles. The highest BCUT2D eigenvalue weighted by Crippen LogP contribution is 2.15. The van der Waals surface area contributed by atoms with Crippen LogP contribution in [-0.4, -0.2) is 19.6 Å². The van der Waals surface area contributed by atoms with Gasteiger partial charge < -0.3 is 11.5 Å². The molecule has 2 heterocycles. The molecule has 6 heteroatoms. The van der Waals surface area contributed by atoms with Crippen molar-refractivity contribution in [3.8, 4) is 0 Å². The van der Waals surface area contributed by atoms with Crippen molar-refractivity contribution in [2.24, 2.45) is 5.73 Å². The van der Waals surface area contributed by atoms with Gasteiger partial charge in [-0.2, -0.15) is 9.61 Å². The maximum Gasteiger partial charge on any atom is 0.224 e. The van der Waals surface area contributed by atoms with E-state index in [-0.39, 0.29) is 6.04 Å². The molecule has 0 radical (unpaired) electrons. The lowest BCUT2D eigenvalue weighted by Gasteiger charge is -2.01. The Bertz CT molecular complexity index is 431. The number of hydrogen-bond donors (Lipinski definition) is 2. The molecular formula is C7H10N6. The SMILES string of the molecule is CC(N)c1cnn2c(N)ncnc12. The topological polar surface area (TPSA) is 95.1 Å². The van der Waals surface area contributed by atoms with E-state index in [0.29, 0.717) is 11.6 Å². The molecule has 0 aliphatic heterocycles. The summed E-state index contributed by atoms with van der Waals surface area (Å²) in [5, 5.41) is 4.03. The van der Waals surface area contributed by atoms with Crippen LogP contribution in [0.15, 0.2) is 12.5 Å². The second-order valence-corrected chi connectivity index (χ2v) is 2.86. The van der Waals surface area contributed by atoms with Crippen LogP contribution in [0.25, 0.3) is 5.65 Å². The van der Waals surface area contributed by atoms with Crippen molar-refractivity contribution in [3.05, 3.63) is 18.1 Å². The first-order valence-electron chi connectivity index (χ1n) is 3.90. The fourth-order valence-electron chi connectivity index (χ4n) is 1.17. The molecule has 0 saturated carbocycles. The molecule has 0 aliphatic rings. The molecule has 2 aromatic heterocycles. The van der Waals surface area contributed by atoms with Gasteiger partial charge in [0.05, 0.1) is 6.20 Å². The maximum absolute atomic E-state index is 5.72. The zero-order chi connectivity index (χ0) is 9.42. The molecule has 0 bridgehead atoms. The quantitative estimate of drug-likeness (QED) is 0.626. The van der Waals surface area contributed by atoms with E-state index >= 15 is 0 Å². The van der Waals surface area contributed by atoms with Crippen molar-refractivity contribution < 1.29 is 0 Å². The number of nitrogens with two attached hydrogens (primary N) is 2. The van der Waals surface area contributed by atoms with Crippen LogP contribution >= 0.6 is 0 Å². The van der Waals surface area contributed by atoms with Gasteiger partial charge >= 0.3 is 0 Å². The highest BCUT2D eigenvalue weighted by atomic mass is 15.3. The molecular weight excluding hydrogens is 168 g/mol. The largest absolute Gasteiger partial charge is 0.368 e. The van der Waals surface area contributed by atoms with Gasteiger partial charge in [0, 0.05) is 11.6 Å². The summed E-state index contributed by atoms with van der Waals surface area (Å²) in [6.07, 6.45) is 3.06.